The molecule has 1 aromatic heterocycles. The number of hydrogen-bond acceptors (Lipinski definition) is 6. The van der Waals surface area contributed by atoms with Crippen LogP contribution in [-0.4, -0.2) is 59.2 Å². The number of aliphatic hydroxyl groups is 2. The number of piperidine rings is 1. The number of aromatic nitrogens is 1. The fourth-order valence-electron chi connectivity index (χ4n) is 5.26. The number of nitrogens with zero attached hydrogens (tertiary/aromatic N) is 2. The molecule has 1 saturated heterocycles. The van der Waals surface area contributed by atoms with Gasteiger partial charge in [0.15, 0.2) is 0 Å². The van der Waals surface area contributed by atoms with Crippen molar-refractivity contribution in [3.8, 4) is 5.75 Å². The molecule has 0 spiro atoms. The van der Waals surface area contributed by atoms with E-state index in [0.29, 0.717) is 34.9 Å². The second-order valence-corrected chi connectivity index (χ2v) is 11.7. The Balaban J connectivity index is 1.29. The van der Waals surface area contributed by atoms with Crippen molar-refractivity contribution in [1.82, 2.24) is 9.88 Å². The minimum atomic E-state index is -4.35. The number of methoxy groups -OCH3 is 1. The smallest absolute Gasteiger partial charge is 0.417 e. The van der Waals surface area contributed by atoms with Gasteiger partial charge in [-0.1, -0.05) is 23.7 Å². The van der Waals surface area contributed by atoms with Crippen LogP contribution in [0, 0.1) is 5.41 Å². The van der Waals surface area contributed by atoms with Gasteiger partial charge in [0.1, 0.15) is 5.75 Å². The summed E-state index contributed by atoms with van der Waals surface area (Å²) in [6, 6.07) is 11.2. The van der Waals surface area contributed by atoms with E-state index in [4.69, 9.17) is 16.3 Å². The van der Waals surface area contributed by atoms with E-state index < -0.39 is 17.8 Å². The van der Waals surface area contributed by atoms with Crippen LogP contribution in [0.3, 0.4) is 0 Å². The summed E-state index contributed by atoms with van der Waals surface area (Å²) in [4.78, 5) is 6.93. The van der Waals surface area contributed by atoms with Crippen LogP contribution >= 0.6 is 23.4 Å². The molecule has 39 heavy (non-hydrogen) atoms. The number of halogens is 4. The van der Waals surface area contributed by atoms with Crippen molar-refractivity contribution in [2.24, 2.45) is 5.41 Å². The fourth-order valence-corrected chi connectivity index (χ4v) is 6.54. The van der Waals surface area contributed by atoms with E-state index in [1.807, 2.05) is 18.2 Å². The summed E-state index contributed by atoms with van der Waals surface area (Å²) in [5, 5.41) is 22.6. The van der Waals surface area contributed by atoms with Crippen molar-refractivity contribution in [1.29, 1.82) is 0 Å². The topological polar surface area (TPSA) is 65.8 Å². The second-order valence-electron chi connectivity index (χ2n) is 10.2. The van der Waals surface area contributed by atoms with Gasteiger partial charge in [-0.25, -0.2) is 0 Å². The minimum absolute atomic E-state index is 0.0380. The average Bonchev–Trinajstić information content (AvgIpc) is 2.94. The standard InChI is InChI=1S/C29H34ClF3N2O3S/c1-38-20-7-8-24-21(17-20)27(23(30)18-34-24)25(37)9-10-28(19-36)11-14-35(15-12-28)13-4-16-39-26-6-3-2-5-22(26)29(31,32)33/h2-3,5-8,17-18,25,36-37H,4,9-16,19H2,1H3. The highest BCUT2D eigenvalue weighted by Crippen LogP contribution is 2.41. The molecule has 0 amide bonds. The van der Waals surface area contributed by atoms with E-state index in [2.05, 4.69) is 9.88 Å². The normalized spacial score (nSPS) is 16.9. The predicted octanol–water partition coefficient (Wildman–Crippen LogP) is 6.99. The monoisotopic (exact) mass is 582 g/mol. The Labute approximate surface area is 236 Å². The molecular formula is C29H34ClF3N2O3S. The number of pyridine rings is 1. The molecule has 1 fully saturated rings. The highest BCUT2D eigenvalue weighted by molar-refractivity contribution is 7.99. The second kappa shape index (κ2) is 13.1. The Bertz CT molecular complexity index is 1250. The zero-order chi connectivity index (χ0) is 28.0. The lowest BCUT2D eigenvalue weighted by Crippen LogP contribution is -2.42. The number of aliphatic hydroxyl groups excluding tert-OH is 2. The van der Waals surface area contributed by atoms with Crippen LogP contribution in [0.2, 0.25) is 5.02 Å². The van der Waals surface area contributed by atoms with Crippen LogP contribution in [-0.2, 0) is 6.18 Å². The first kappa shape index (κ1) is 29.9. The molecule has 0 saturated carbocycles. The first-order valence-corrected chi connectivity index (χ1v) is 14.4. The van der Waals surface area contributed by atoms with E-state index in [0.717, 1.165) is 55.9 Å². The van der Waals surface area contributed by atoms with Crippen LogP contribution in [0.25, 0.3) is 10.9 Å². The number of ether oxygens (including phenoxy) is 1. The first-order chi connectivity index (χ1) is 18.7. The zero-order valence-electron chi connectivity index (χ0n) is 21.9. The maximum atomic E-state index is 13.2. The van der Waals surface area contributed by atoms with Crippen molar-refractivity contribution >= 4 is 34.3 Å². The molecule has 3 aromatic rings. The van der Waals surface area contributed by atoms with E-state index >= 15 is 0 Å². The lowest BCUT2D eigenvalue weighted by atomic mass is 9.74. The molecule has 5 nitrogen and oxygen atoms in total. The van der Waals surface area contributed by atoms with Crippen LogP contribution in [0.1, 0.15) is 49.3 Å². The summed E-state index contributed by atoms with van der Waals surface area (Å²) in [6.45, 7) is 2.44. The van der Waals surface area contributed by atoms with Crippen LogP contribution < -0.4 is 4.74 Å². The maximum absolute atomic E-state index is 13.2. The fraction of sp³-hybridized carbons (Fsp3) is 0.483. The van der Waals surface area contributed by atoms with Gasteiger partial charge in [-0.3, -0.25) is 4.98 Å². The number of likely N-dealkylation sites (tertiary alicyclic amines) is 1. The van der Waals surface area contributed by atoms with Gasteiger partial charge in [0.2, 0.25) is 0 Å². The number of fused-ring (bicyclic) bond motifs is 1. The quantitative estimate of drug-likeness (QED) is 0.188. The average molecular weight is 583 g/mol. The first-order valence-electron chi connectivity index (χ1n) is 13.1. The largest absolute Gasteiger partial charge is 0.497 e. The number of alkyl halides is 3. The van der Waals surface area contributed by atoms with Gasteiger partial charge in [-0.15, -0.1) is 11.8 Å². The van der Waals surface area contributed by atoms with Crippen molar-refractivity contribution < 1.29 is 28.1 Å². The van der Waals surface area contributed by atoms with Crippen molar-refractivity contribution in [3.05, 3.63) is 64.8 Å². The molecule has 212 valence electrons. The highest BCUT2D eigenvalue weighted by Gasteiger charge is 2.35. The van der Waals surface area contributed by atoms with Crippen LogP contribution in [0.15, 0.2) is 53.6 Å². The Kier molecular flexibility index (Phi) is 10.0. The van der Waals surface area contributed by atoms with Crippen molar-refractivity contribution in [2.75, 3.05) is 39.1 Å². The minimum Gasteiger partial charge on any atom is -0.497 e. The van der Waals surface area contributed by atoms with Crippen LogP contribution in [0.4, 0.5) is 13.2 Å². The molecule has 4 rings (SSSR count). The summed E-state index contributed by atoms with van der Waals surface area (Å²) >= 11 is 7.70. The molecule has 1 aliphatic rings. The third-order valence-corrected chi connectivity index (χ3v) is 9.13. The molecule has 1 unspecified atom stereocenters. The highest BCUT2D eigenvalue weighted by atomic mass is 35.5. The Morgan fingerprint density at radius 1 is 1.18 bits per heavy atom. The molecule has 2 aromatic carbocycles. The van der Waals surface area contributed by atoms with Crippen LogP contribution in [0.5, 0.6) is 5.75 Å². The zero-order valence-corrected chi connectivity index (χ0v) is 23.5. The van der Waals surface area contributed by atoms with E-state index in [1.165, 1.54) is 23.9 Å². The molecule has 0 aliphatic carbocycles. The molecule has 0 radical (unpaired) electrons. The Hall–Kier alpha value is -2.04. The summed E-state index contributed by atoms with van der Waals surface area (Å²) < 4.78 is 45.0. The third-order valence-electron chi connectivity index (χ3n) is 7.67. The summed E-state index contributed by atoms with van der Waals surface area (Å²) in [6.07, 6.45) is -0.154. The van der Waals surface area contributed by atoms with E-state index in [-0.39, 0.29) is 16.9 Å². The number of rotatable bonds is 11. The third kappa shape index (κ3) is 7.38. The van der Waals surface area contributed by atoms with Crippen molar-refractivity contribution in [2.45, 2.75) is 49.3 Å². The number of thioether (sulfide) groups is 1. The summed E-state index contributed by atoms with van der Waals surface area (Å²) in [7, 11) is 1.58. The van der Waals surface area contributed by atoms with E-state index in [9.17, 15) is 23.4 Å². The van der Waals surface area contributed by atoms with Gasteiger partial charge < -0.3 is 19.8 Å². The molecular weight excluding hydrogens is 549 g/mol. The molecule has 0 bridgehead atoms. The molecule has 1 atom stereocenters. The van der Waals surface area contributed by atoms with Gasteiger partial charge in [0.25, 0.3) is 0 Å². The van der Waals surface area contributed by atoms with Crippen molar-refractivity contribution in [3.63, 3.8) is 0 Å². The van der Waals surface area contributed by atoms with Gasteiger partial charge in [-0.05, 0) is 93.2 Å². The lowest BCUT2D eigenvalue weighted by Gasteiger charge is -2.41. The molecule has 10 heteroatoms. The van der Waals surface area contributed by atoms with Gasteiger partial charge in [-0.2, -0.15) is 13.2 Å². The Morgan fingerprint density at radius 3 is 2.62 bits per heavy atom. The maximum Gasteiger partial charge on any atom is 0.417 e. The summed E-state index contributed by atoms with van der Waals surface area (Å²) in [5.41, 5.74) is 0.475. The summed E-state index contributed by atoms with van der Waals surface area (Å²) in [5.74, 6) is 1.26. The molecule has 2 heterocycles. The molecule has 1 aliphatic heterocycles. The lowest BCUT2D eigenvalue weighted by molar-refractivity contribution is -0.139. The number of hydrogen-bond donors (Lipinski definition) is 2. The predicted molar refractivity (Wildman–Crippen MR) is 149 cm³/mol. The Morgan fingerprint density at radius 2 is 1.92 bits per heavy atom. The van der Waals surface area contributed by atoms with E-state index in [1.54, 1.807) is 19.4 Å². The van der Waals surface area contributed by atoms with Gasteiger partial charge >= 0.3 is 6.18 Å². The number of benzene rings is 2. The SMILES string of the molecule is COc1ccc2ncc(Cl)c(C(O)CCC3(CO)CCN(CCCSc4ccccc4C(F)(F)F)CC3)c2c1. The van der Waals surface area contributed by atoms with Gasteiger partial charge in [0, 0.05) is 28.6 Å². The van der Waals surface area contributed by atoms with Gasteiger partial charge in [0.05, 0.1) is 29.3 Å². The molecule has 2 N–H and O–H groups in total.